The Labute approximate surface area is 230 Å². The van der Waals surface area contributed by atoms with Gasteiger partial charge in [-0.2, -0.15) is 0 Å². The Morgan fingerprint density at radius 1 is 0.971 bits per heavy atom. The van der Waals surface area contributed by atoms with Crippen molar-refractivity contribution in [3.63, 3.8) is 0 Å². The molecule has 0 aliphatic heterocycles. The number of esters is 1. The van der Waals surface area contributed by atoms with Crippen LogP contribution in [0.25, 0.3) is 0 Å². The quantitative estimate of drug-likeness (QED) is 0.149. The first-order chi connectivity index (χ1) is 15.7. The molecular weight excluding hydrogens is 555 g/mol. The number of unbranched alkanes of at least 4 members (excludes halogenated alkanes) is 3. The molecular formula is C27H42O5SSn. The van der Waals surface area contributed by atoms with Gasteiger partial charge in [0.2, 0.25) is 0 Å². The largest absolute Gasteiger partial charge is 2.00 e. The summed E-state index contributed by atoms with van der Waals surface area (Å²) in [6, 6.07) is 8.84. The van der Waals surface area contributed by atoms with Gasteiger partial charge < -0.3 is 32.1 Å². The minimum Gasteiger partial charge on any atom is -0.737 e. The van der Waals surface area contributed by atoms with Gasteiger partial charge in [-0.3, -0.25) is 0 Å². The smallest absolute Gasteiger partial charge is 0.737 e. The maximum absolute atomic E-state index is 11.0. The molecule has 0 bridgehead atoms. The zero-order valence-electron chi connectivity index (χ0n) is 21.3. The monoisotopic (exact) mass is 598 g/mol. The summed E-state index contributed by atoms with van der Waals surface area (Å²) in [4.78, 5) is 31.5. The van der Waals surface area contributed by atoms with Crippen LogP contribution in [0.2, 0.25) is 0 Å². The van der Waals surface area contributed by atoms with Gasteiger partial charge in [-0.1, -0.05) is 117 Å². The summed E-state index contributed by atoms with van der Waals surface area (Å²) in [7, 11) is 0. The van der Waals surface area contributed by atoms with Crippen LogP contribution in [0.1, 0.15) is 89.4 Å². The molecule has 190 valence electrons. The maximum Gasteiger partial charge on any atom is 2.00 e. The summed E-state index contributed by atoms with van der Waals surface area (Å²) < 4.78 is 4.93. The first kappa shape index (κ1) is 39.8. The zero-order valence-corrected chi connectivity index (χ0v) is 25.0. The molecule has 4 radical (unpaired) electrons. The number of hydrogen-bond donors (Lipinski definition) is 0. The number of carboxylic acid groups (broad SMARTS) is 1. The molecule has 0 spiro atoms. The Balaban J connectivity index is -0.000000209. The Kier molecular flexibility index (Phi) is 37.0. The van der Waals surface area contributed by atoms with Crippen LogP contribution in [0.15, 0.2) is 42.5 Å². The summed E-state index contributed by atoms with van der Waals surface area (Å²) in [5.74, 6) is -1.66. The van der Waals surface area contributed by atoms with E-state index < -0.39 is 11.9 Å². The number of rotatable bonds is 11. The van der Waals surface area contributed by atoms with E-state index in [2.05, 4.69) is 47.2 Å². The fourth-order valence-corrected chi connectivity index (χ4v) is 1.99. The molecule has 34 heavy (non-hydrogen) atoms. The van der Waals surface area contributed by atoms with Crippen molar-refractivity contribution in [2.45, 2.75) is 79.1 Å². The topological polar surface area (TPSA) is 83.5 Å². The van der Waals surface area contributed by atoms with E-state index in [0.717, 1.165) is 44.6 Å². The summed E-state index contributed by atoms with van der Waals surface area (Å²) in [5.41, 5.74) is 0.590. The normalized spacial score (nSPS) is 10.1. The summed E-state index contributed by atoms with van der Waals surface area (Å²) in [6.07, 6.45) is 10.3. The average Bonchev–Trinajstić information content (AvgIpc) is 2.84. The number of aliphatic carboxylic acids is 1. The first-order valence-corrected chi connectivity index (χ1v) is 12.0. The predicted octanol–water partition coefficient (Wildman–Crippen LogP) is 5.29. The second-order valence-electron chi connectivity index (χ2n) is 7.06. The van der Waals surface area contributed by atoms with Gasteiger partial charge in [-0.25, -0.2) is 4.79 Å². The third-order valence-corrected chi connectivity index (χ3v) is 4.31. The van der Waals surface area contributed by atoms with E-state index in [-0.39, 0.29) is 29.0 Å². The number of benzene rings is 1. The van der Waals surface area contributed by atoms with E-state index in [9.17, 15) is 19.5 Å². The third-order valence-electron chi connectivity index (χ3n) is 4.08. The molecule has 0 amide bonds. The molecule has 0 saturated carbocycles. The second kappa shape index (κ2) is 31.6. The van der Waals surface area contributed by atoms with Crippen molar-refractivity contribution in [3.8, 4) is 0 Å². The van der Waals surface area contributed by atoms with Crippen LogP contribution in [0.3, 0.4) is 0 Å². The minimum absolute atomic E-state index is 0. The molecule has 0 saturated heterocycles. The molecule has 1 unspecified atom stereocenters. The van der Waals surface area contributed by atoms with Crippen molar-refractivity contribution in [3.05, 3.63) is 61.9 Å². The fourth-order valence-electron chi connectivity index (χ4n) is 1.86. The molecule has 1 rings (SSSR count). The van der Waals surface area contributed by atoms with Crippen molar-refractivity contribution in [2.24, 2.45) is 5.92 Å². The second-order valence-corrected chi connectivity index (χ2v) is 7.43. The zero-order chi connectivity index (χ0) is 25.9. The van der Waals surface area contributed by atoms with Gasteiger partial charge in [-0.05, 0) is 24.0 Å². The summed E-state index contributed by atoms with van der Waals surface area (Å²) >= 11 is 4.41. The molecule has 1 atom stereocenters. The molecule has 1 aromatic carbocycles. The standard InChI is InChI=1S/C12H20O4.C7H6OS.2C4H9.Sn/c1-3-5-6-10(4-2)9-16-12(15)8-7-11(13)14;8-7(9)6-4-2-1-3-5-6;2*1-3-4-2;/h7-8,10H,3-6,9H2,1-2H3,(H,13,14);1-5H,(H,8,9);2*1,3-4H2,2H3;/q;;;;+2/p-2/b8-7-;;;;. The molecule has 5 nitrogen and oxygen atoms in total. The first-order valence-electron chi connectivity index (χ1n) is 11.6. The van der Waals surface area contributed by atoms with E-state index in [1.807, 2.05) is 13.0 Å². The Morgan fingerprint density at radius 2 is 1.47 bits per heavy atom. The molecule has 0 aliphatic rings. The molecule has 0 aromatic heterocycles. The number of ether oxygens (including phenoxy) is 1. The number of carboxylic acids is 1. The molecule has 1 aromatic rings. The van der Waals surface area contributed by atoms with Crippen molar-refractivity contribution < 1.29 is 24.2 Å². The van der Waals surface area contributed by atoms with E-state index in [1.54, 1.807) is 24.3 Å². The van der Waals surface area contributed by atoms with Crippen LogP contribution < -0.4 is 5.11 Å². The average molecular weight is 597 g/mol. The van der Waals surface area contributed by atoms with Crippen LogP contribution in [0.4, 0.5) is 0 Å². The number of carbonyl (C=O) groups is 3. The van der Waals surface area contributed by atoms with E-state index in [4.69, 9.17) is 4.74 Å². The molecule has 0 N–H and O–H groups in total. The number of hydrogen-bond acceptors (Lipinski definition) is 6. The Morgan fingerprint density at radius 3 is 1.79 bits per heavy atom. The van der Waals surface area contributed by atoms with Gasteiger partial charge in [0.15, 0.2) is 0 Å². The molecule has 0 heterocycles. The van der Waals surface area contributed by atoms with Crippen LogP contribution in [-0.2, 0) is 27.0 Å². The van der Waals surface area contributed by atoms with Gasteiger partial charge in [0, 0.05) is 11.2 Å². The van der Waals surface area contributed by atoms with Crippen molar-refractivity contribution in [1.82, 2.24) is 0 Å². The molecule has 0 fully saturated rings. The van der Waals surface area contributed by atoms with E-state index in [0.29, 0.717) is 24.2 Å². The SMILES string of the molecule is CCCCC(CC)COC(=O)/C=C\C(=O)[O-].O=C([S-])c1ccccc1.[CH2]CCC.[CH2]CCC.[Sn+2]. The van der Waals surface area contributed by atoms with Crippen molar-refractivity contribution >= 4 is 53.6 Å². The van der Waals surface area contributed by atoms with Crippen LogP contribution in [-0.4, -0.2) is 47.6 Å². The van der Waals surface area contributed by atoms with Crippen LogP contribution in [0, 0.1) is 19.8 Å². The van der Waals surface area contributed by atoms with Crippen LogP contribution >= 0.6 is 0 Å². The van der Waals surface area contributed by atoms with E-state index in [1.165, 1.54) is 12.8 Å². The van der Waals surface area contributed by atoms with Crippen molar-refractivity contribution in [1.29, 1.82) is 0 Å². The fraction of sp³-hybridized carbons (Fsp3) is 0.519. The number of carbonyl (C=O) groups excluding carboxylic acids is 3. The predicted molar refractivity (Wildman–Crippen MR) is 143 cm³/mol. The van der Waals surface area contributed by atoms with Gasteiger partial charge in [0.25, 0.3) is 0 Å². The minimum atomic E-state index is -1.39. The van der Waals surface area contributed by atoms with Crippen molar-refractivity contribution in [2.75, 3.05) is 6.61 Å². The summed E-state index contributed by atoms with van der Waals surface area (Å²) in [5, 5.41) is 9.74. The summed E-state index contributed by atoms with van der Waals surface area (Å²) in [6.45, 7) is 16.0. The Hall–Kier alpha value is -1.41. The van der Waals surface area contributed by atoms with Gasteiger partial charge in [0.05, 0.1) is 12.6 Å². The molecule has 7 heteroatoms. The Bertz CT molecular complexity index is 613. The van der Waals surface area contributed by atoms with Crippen LogP contribution in [0.5, 0.6) is 0 Å². The van der Waals surface area contributed by atoms with Gasteiger partial charge in [0.1, 0.15) is 0 Å². The van der Waals surface area contributed by atoms with E-state index >= 15 is 0 Å². The third kappa shape index (κ3) is 32.8. The van der Waals surface area contributed by atoms with Gasteiger partial charge in [-0.15, -0.1) is 0 Å². The molecule has 0 aliphatic carbocycles. The maximum atomic E-state index is 11.0. The van der Waals surface area contributed by atoms with Gasteiger partial charge >= 0.3 is 29.9 Å².